The lowest BCUT2D eigenvalue weighted by molar-refractivity contribution is -0.145. The van der Waals surface area contributed by atoms with Crippen LogP contribution in [-0.2, 0) is 29.2 Å². The standard InChI is InChI=1S/C21H17ClN2O4S/c1-2-23-20(26)13-7-3-5-9-15(13)24(21(23)27)11-18(25)28-12-17-19(22)14-8-4-6-10-16(14)29-17/h3-10H,2,11-12H2,1H3. The van der Waals surface area contributed by atoms with Crippen molar-refractivity contribution in [2.24, 2.45) is 0 Å². The van der Waals surface area contributed by atoms with Gasteiger partial charge in [-0.25, -0.2) is 4.79 Å². The summed E-state index contributed by atoms with van der Waals surface area (Å²) in [5.74, 6) is -0.577. The predicted molar refractivity (Wildman–Crippen MR) is 115 cm³/mol. The van der Waals surface area contributed by atoms with E-state index in [2.05, 4.69) is 0 Å². The van der Waals surface area contributed by atoms with Crippen LogP contribution in [0.1, 0.15) is 11.8 Å². The molecular weight excluding hydrogens is 412 g/mol. The van der Waals surface area contributed by atoms with Crippen LogP contribution in [0.3, 0.4) is 0 Å². The molecule has 0 aliphatic carbocycles. The minimum atomic E-state index is -0.577. The van der Waals surface area contributed by atoms with Gasteiger partial charge in [-0.2, -0.15) is 0 Å². The predicted octanol–water partition coefficient (Wildman–Crippen LogP) is 3.79. The summed E-state index contributed by atoms with van der Waals surface area (Å²) < 4.78 is 8.79. The average molecular weight is 429 g/mol. The van der Waals surface area contributed by atoms with Crippen LogP contribution in [0, 0.1) is 0 Å². The lowest BCUT2D eigenvalue weighted by Gasteiger charge is -2.12. The first-order chi connectivity index (χ1) is 14.0. The quantitative estimate of drug-likeness (QED) is 0.453. The van der Waals surface area contributed by atoms with Crippen LogP contribution in [0.2, 0.25) is 5.02 Å². The van der Waals surface area contributed by atoms with E-state index in [1.54, 1.807) is 31.2 Å². The Bertz CT molecular complexity index is 1350. The highest BCUT2D eigenvalue weighted by Crippen LogP contribution is 2.35. The zero-order valence-electron chi connectivity index (χ0n) is 15.6. The SMILES string of the molecule is CCn1c(=O)c2ccccc2n(CC(=O)OCc2sc3ccccc3c2Cl)c1=O. The second kappa shape index (κ2) is 7.85. The first-order valence-corrected chi connectivity index (χ1v) is 10.2. The maximum Gasteiger partial charge on any atom is 0.332 e. The molecule has 0 aliphatic heterocycles. The maximum absolute atomic E-state index is 12.7. The molecule has 0 radical (unpaired) electrons. The summed E-state index contributed by atoms with van der Waals surface area (Å²) in [7, 11) is 0. The van der Waals surface area contributed by atoms with E-state index in [1.165, 1.54) is 15.9 Å². The topological polar surface area (TPSA) is 70.3 Å². The highest BCUT2D eigenvalue weighted by molar-refractivity contribution is 7.19. The molecule has 6 nitrogen and oxygen atoms in total. The molecular formula is C21H17ClN2O4S. The maximum atomic E-state index is 12.7. The van der Waals surface area contributed by atoms with Gasteiger partial charge in [0.1, 0.15) is 13.2 Å². The highest BCUT2D eigenvalue weighted by Gasteiger charge is 2.16. The number of para-hydroxylation sites is 1. The molecule has 0 N–H and O–H groups in total. The van der Waals surface area contributed by atoms with Gasteiger partial charge in [-0.05, 0) is 25.1 Å². The number of carbonyl (C=O) groups excluding carboxylic acids is 1. The third-order valence-electron chi connectivity index (χ3n) is 4.70. The lowest BCUT2D eigenvalue weighted by Crippen LogP contribution is -2.40. The number of aromatic nitrogens is 2. The second-order valence-corrected chi connectivity index (χ2v) is 7.95. The van der Waals surface area contributed by atoms with Gasteiger partial charge < -0.3 is 4.74 Å². The largest absolute Gasteiger partial charge is 0.459 e. The molecule has 0 bridgehead atoms. The summed E-state index contributed by atoms with van der Waals surface area (Å²) in [6.45, 7) is 1.66. The molecule has 2 heterocycles. The third-order valence-corrected chi connectivity index (χ3v) is 6.39. The Balaban J connectivity index is 1.61. The van der Waals surface area contributed by atoms with Crippen LogP contribution in [-0.4, -0.2) is 15.1 Å². The van der Waals surface area contributed by atoms with Crippen molar-refractivity contribution in [3.05, 3.63) is 79.3 Å². The van der Waals surface area contributed by atoms with Crippen LogP contribution in [0.15, 0.2) is 58.1 Å². The molecule has 148 valence electrons. The molecule has 8 heteroatoms. The molecule has 29 heavy (non-hydrogen) atoms. The van der Waals surface area contributed by atoms with Gasteiger partial charge in [0.15, 0.2) is 0 Å². The summed E-state index contributed by atoms with van der Waals surface area (Å²) in [5, 5.41) is 1.87. The van der Waals surface area contributed by atoms with E-state index in [0.717, 1.165) is 19.5 Å². The Morgan fingerprint density at radius 3 is 2.45 bits per heavy atom. The molecule has 0 saturated carbocycles. The van der Waals surface area contributed by atoms with Crippen molar-refractivity contribution in [2.45, 2.75) is 26.6 Å². The Morgan fingerprint density at radius 1 is 1.03 bits per heavy atom. The molecule has 0 atom stereocenters. The smallest absolute Gasteiger partial charge is 0.332 e. The van der Waals surface area contributed by atoms with Gasteiger partial charge in [-0.3, -0.25) is 18.7 Å². The molecule has 0 aliphatic rings. The van der Waals surface area contributed by atoms with E-state index < -0.39 is 11.7 Å². The van der Waals surface area contributed by atoms with Gasteiger partial charge in [0, 0.05) is 16.6 Å². The average Bonchev–Trinajstić information content (AvgIpc) is 3.06. The Morgan fingerprint density at radius 2 is 1.72 bits per heavy atom. The van der Waals surface area contributed by atoms with Gasteiger partial charge in [-0.15, -0.1) is 11.3 Å². The van der Waals surface area contributed by atoms with Crippen LogP contribution in [0.4, 0.5) is 0 Å². The fourth-order valence-corrected chi connectivity index (χ4v) is 4.68. The normalized spacial score (nSPS) is 11.2. The van der Waals surface area contributed by atoms with Crippen molar-refractivity contribution in [3.8, 4) is 0 Å². The molecule has 0 saturated heterocycles. The number of thiophene rings is 1. The van der Waals surface area contributed by atoms with Crippen LogP contribution >= 0.6 is 22.9 Å². The van der Waals surface area contributed by atoms with Gasteiger partial charge >= 0.3 is 11.7 Å². The molecule has 0 amide bonds. The number of fused-ring (bicyclic) bond motifs is 2. The van der Waals surface area contributed by atoms with E-state index in [9.17, 15) is 14.4 Å². The molecule has 0 unspecified atom stereocenters. The van der Waals surface area contributed by atoms with Crippen LogP contribution in [0.5, 0.6) is 0 Å². The fourth-order valence-electron chi connectivity index (χ4n) is 3.28. The first-order valence-electron chi connectivity index (χ1n) is 9.05. The summed E-state index contributed by atoms with van der Waals surface area (Å²) in [4.78, 5) is 38.4. The Hall–Kier alpha value is -2.90. The number of rotatable bonds is 5. The number of halogens is 1. The van der Waals surface area contributed by atoms with Crippen molar-refractivity contribution < 1.29 is 9.53 Å². The molecule has 0 spiro atoms. The van der Waals surface area contributed by atoms with Gasteiger partial charge in [0.25, 0.3) is 5.56 Å². The molecule has 4 aromatic rings. The molecule has 4 rings (SSSR count). The monoisotopic (exact) mass is 428 g/mol. The fraction of sp³-hybridized carbons (Fsp3) is 0.190. The summed E-state index contributed by atoms with van der Waals surface area (Å²) >= 11 is 7.85. The van der Waals surface area contributed by atoms with Crippen molar-refractivity contribution in [2.75, 3.05) is 0 Å². The van der Waals surface area contributed by atoms with E-state index in [4.69, 9.17) is 16.3 Å². The van der Waals surface area contributed by atoms with E-state index >= 15 is 0 Å². The summed E-state index contributed by atoms with van der Waals surface area (Å²) in [6.07, 6.45) is 0. The van der Waals surface area contributed by atoms with Gasteiger partial charge in [0.2, 0.25) is 0 Å². The van der Waals surface area contributed by atoms with Crippen molar-refractivity contribution in [3.63, 3.8) is 0 Å². The number of esters is 1. The van der Waals surface area contributed by atoms with E-state index in [-0.39, 0.29) is 25.3 Å². The molecule has 2 aromatic carbocycles. The number of ether oxygens (including phenoxy) is 1. The third kappa shape index (κ3) is 3.47. The summed E-state index contributed by atoms with van der Waals surface area (Å²) in [5.41, 5.74) is -0.494. The molecule has 2 aromatic heterocycles. The second-order valence-electron chi connectivity index (χ2n) is 6.43. The van der Waals surface area contributed by atoms with Crippen molar-refractivity contribution >= 4 is 49.9 Å². The summed E-state index contributed by atoms with van der Waals surface area (Å²) in [6, 6.07) is 14.4. The highest BCUT2D eigenvalue weighted by atomic mass is 35.5. The zero-order chi connectivity index (χ0) is 20.5. The van der Waals surface area contributed by atoms with Crippen molar-refractivity contribution in [1.29, 1.82) is 0 Å². The number of nitrogens with zero attached hydrogens (tertiary/aromatic N) is 2. The van der Waals surface area contributed by atoms with Gasteiger partial charge in [-0.1, -0.05) is 41.9 Å². The van der Waals surface area contributed by atoms with Crippen LogP contribution in [0.25, 0.3) is 21.0 Å². The minimum Gasteiger partial charge on any atom is -0.459 e. The van der Waals surface area contributed by atoms with E-state index in [0.29, 0.717) is 15.9 Å². The van der Waals surface area contributed by atoms with Crippen molar-refractivity contribution in [1.82, 2.24) is 9.13 Å². The van der Waals surface area contributed by atoms with E-state index in [1.807, 2.05) is 24.3 Å². The lowest BCUT2D eigenvalue weighted by atomic mass is 10.2. The van der Waals surface area contributed by atoms with Crippen LogP contribution < -0.4 is 11.2 Å². The first kappa shape index (κ1) is 19.4. The zero-order valence-corrected chi connectivity index (χ0v) is 17.1. The minimum absolute atomic E-state index is 0.0249. The molecule has 0 fully saturated rings. The number of carbonyl (C=O) groups is 1. The number of hydrogen-bond acceptors (Lipinski definition) is 5. The Kier molecular flexibility index (Phi) is 5.25. The van der Waals surface area contributed by atoms with Gasteiger partial charge in [0.05, 0.1) is 20.8 Å². The Labute approximate surface area is 174 Å². The number of benzene rings is 2. The number of hydrogen-bond donors (Lipinski definition) is 0.